The van der Waals surface area contributed by atoms with Gasteiger partial charge in [-0.25, -0.2) is 0 Å². The monoisotopic (exact) mass is 411 g/mol. The fraction of sp³-hybridized carbons (Fsp3) is 0.188. The third kappa shape index (κ3) is 4.23. The summed E-state index contributed by atoms with van der Waals surface area (Å²) in [6.07, 6.45) is 0.938. The highest BCUT2D eigenvalue weighted by molar-refractivity contribution is 7.89. The lowest BCUT2D eigenvalue weighted by Gasteiger charge is -2.15. The summed E-state index contributed by atoms with van der Waals surface area (Å²) in [5, 5.41) is 24.1. The summed E-state index contributed by atoms with van der Waals surface area (Å²) in [5.74, 6) is -0.0588. The standard InChI is InChI=1S/C16H17N3O8S/c1-25-13-6-7-14(16(27-3)15(13)26-2)28(23,24)18-17-9-10-8-11(19(21)22)4-5-12(10)20/h4-9,18,20H,1-3H3. The van der Waals surface area contributed by atoms with Crippen molar-refractivity contribution in [2.45, 2.75) is 4.90 Å². The molecule has 0 saturated heterocycles. The van der Waals surface area contributed by atoms with Crippen LogP contribution in [0.4, 0.5) is 5.69 Å². The second-order valence-electron chi connectivity index (χ2n) is 5.19. The topological polar surface area (TPSA) is 150 Å². The van der Waals surface area contributed by atoms with Gasteiger partial charge < -0.3 is 19.3 Å². The Morgan fingerprint density at radius 3 is 2.36 bits per heavy atom. The van der Waals surface area contributed by atoms with Crippen LogP contribution in [0.5, 0.6) is 23.0 Å². The number of hydrogen-bond acceptors (Lipinski definition) is 9. The van der Waals surface area contributed by atoms with Crippen molar-refractivity contribution in [1.29, 1.82) is 0 Å². The zero-order chi connectivity index (χ0) is 20.9. The zero-order valence-electron chi connectivity index (χ0n) is 15.1. The molecule has 0 aliphatic rings. The van der Waals surface area contributed by atoms with Gasteiger partial charge in [-0.1, -0.05) is 0 Å². The van der Waals surface area contributed by atoms with Crippen LogP contribution < -0.4 is 19.0 Å². The highest BCUT2D eigenvalue weighted by Gasteiger charge is 2.25. The summed E-state index contributed by atoms with van der Waals surface area (Å²) < 4.78 is 40.5. The number of aromatic hydroxyl groups is 1. The van der Waals surface area contributed by atoms with Crippen LogP contribution in [-0.4, -0.2) is 46.0 Å². The van der Waals surface area contributed by atoms with Gasteiger partial charge in [0.2, 0.25) is 5.75 Å². The molecule has 0 heterocycles. The summed E-state index contributed by atoms with van der Waals surface area (Å²) in [7, 11) is -0.214. The molecular formula is C16H17N3O8S. The number of hydrazone groups is 1. The van der Waals surface area contributed by atoms with E-state index in [9.17, 15) is 23.6 Å². The van der Waals surface area contributed by atoms with Crippen molar-refractivity contribution in [3.63, 3.8) is 0 Å². The van der Waals surface area contributed by atoms with Gasteiger partial charge in [0.25, 0.3) is 15.7 Å². The number of nitrogens with one attached hydrogen (secondary N) is 1. The van der Waals surface area contributed by atoms with Crippen LogP contribution >= 0.6 is 0 Å². The van der Waals surface area contributed by atoms with Crippen LogP contribution in [-0.2, 0) is 10.0 Å². The number of nitro benzene ring substituents is 1. The van der Waals surface area contributed by atoms with E-state index in [-0.39, 0.29) is 39.1 Å². The average Bonchev–Trinajstić information content (AvgIpc) is 2.67. The van der Waals surface area contributed by atoms with Gasteiger partial charge in [-0.3, -0.25) is 10.1 Å². The number of nitrogens with zero attached hydrogens (tertiary/aromatic N) is 2. The Morgan fingerprint density at radius 2 is 1.79 bits per heavy atom. The van der Waals surface area contributed by atoms with Crippen molar-refractivity contribution in [1.82, 2.24) is 4.83 Å². The van der Waals surface area contributed by atoms with E-state index in [1.54, 1.807) is 0 Å². The molecule has 0 bridgehead atoms. The van der Waals surface area contributed by atoms with Crippen molar-refractivity contribution in [3.8, 4) is 23.0 Å². The fourth-order valence-electron chi connectivity index (χ4n) is 2.26. The van der Waals surface area contributed by atoms with Crippen LogP contribution in [0.1, 0.15) is 5.56 Å². The highest BCUT2D eigenvalue weighted by Crippen LogP contribution is 2.41. The molecule has 0 aliphatic heterocycles. The lowest BCUT2D eigenvalue weighted by molar-refractivity contribution is -0.384. The van der Waals surface area contributed by atoms with E-state index in [2.05, 4.69) is 5.10 Å². The van der Waals surface area contributed by atoms with Gasteiger partial charge in [0.1, 0.15) is 10.6 Å². The largest absolute Gasteiger partial charge is 0.507 e. The normalized spacial score (nSPS) is 11.2. The van der Waals surface area contributed by atoms with Crippen LogP contribution in [0.2, 0.25) is 0 Å². The van der Waals surface area contributed by atoms with E-state index in [1.165, 1.54) is 33.5 Å². The molecule has 12 heteroatoms. The van der Waals surface area contributed by atoms with E-state index in [0.717, 1.165) is 24.4 Å². The summed E-state index contributed by atoms with van der Waals surface area (Å²) in [6, 6.07) is 5.87. The molecule has 28 heavy (non-hydrogen) atoms. The molecule has 0 unspecified atom stereocenters. The Labute approximate surface area is 160 Å². The van der Waals surface area contributed by atoms with Crippen molar-refractivity contribution in [2.24, 2.45) is 5.10 Å². The molecular weight excluding hydrogens is 394 g/mol. The van der Waals surface area contributed by atoms with Crippen molar-refractivity contribution < 1.29 is 32.7 Å². The predicted molar refractivity (Wildman–Crippen MR) is 98.8 cm³/mol. The molecule has 11 nitrogen and oxygen atoms in total. The van der Waals surface area contributed by atoms with Crippen LogP contribution in [0.3, 0.4) is 0 Å². The predicted octanol–water partition coefficient (Wildman–Crippen LogP) is 1.64. The molecule has 2 N–H and O–H groups in total. The Bertz CT molecular complexity index is 1020. The third-order valence-corrected chi connectivity index (χ3v) is 4.80. The molecule has 0 aromatic heterocycles. The maximum Gasteiger partial charge on any atom is 0.280 e. The number of sulfonamides is 1. The number of phenols is 1. The zero-order valence-corrected chi connectivity index (χ0v) is 15.9. The lowest BCUT2D eigenvalue weighted by Crippen LogP contribution is -2.19. The van der Waals surface area contributed by atoms with Gasteiger partial charge in [-0.2, -0.15) is 18.4 Å². The van der Waals surface area contributed by atoms with Crippen LogP contribution in [0, 0.1) is 10.1 Å². The number of hydrogen-bond donors (Lipinski definition) is 2. The van der Waals surface area contributed by atoms with Gasteiger partial charge in [0.05, 0.1) is 32.5 Å². The molecule has 150 valence electrons. The molecule has 2 aromatic carbocycles. The first-order valence-electron chi connectivity index (χ1n) is 7.56. The third-order valence-electron chi connectivity index (χ3n) is 3.56. The van der Waals surface area contributed by atoms with Crippen molar-refractivity contribution in [2.75, 3.05) is 21.3 Å². The number of rotatable bonds is 8. The Hall–Kier alpha value is -3.54. The first kappa shape index (κ1) is 20.8. The number of ether oxygens (including phenoxy) is 3. The quantitative estimate of drug-likeness (QED) is 0.378. The summed E-state index contributed by atoms with van der Waals surface area (Å²) in [6.45, 7) is 0. The Balaban J connectivity index is 2.36. The molecule has 0 radical (unpaired) electrons. The first-order valence-corrected chi connectivity index (χ1v) is 9.04. The molecule has 0 saturated carbocycles. The molecule has 2 aromatic rings. The average molecular weight is 411 g/mol. The van der Waals surface area contributed by atoms with Gasteiger partial charge in [0.15, 0.2) is 11.5 Å². The van der Waals surface area contributed by atoms with E-state index < -0.39 is 14.9 Å². The number of phenolic OH excluding ortho intramolecular Hbond substituents is 1. The molecule has 2 rings (SSSR count). The molecule has 0 aliphatic carbocycles. The molecule has 0 amide bonds. The lowest BCUT2D eigenvalue weighted by atomic mass is 10.2. The minimum absolute atomic E-state index is 0.0452. The number of non-ortho nitro benzene ring substituents is 1. The summed E-state index contributed by atoms with van der Waals surface area (Å²) in [5.41, 5.74) is -0.333. The van der Waals surface area contributed by atoms with Gasteiger partial charge in [0, 0.05) is 17.7 Å². The summed E-state index contributed by atoms with van der Waals surface area (Å²) >= 11 is 0. The maximum atomic E-state index is 12.6. The molecule has 0 spiro atoms. The SMILES string of the molecule is COc1ccc(S(=O)(=O)NN=Cc2cc([N+](=O)[O-])ccc2O)c(OC)c1OC. The van der Waals surface area contributed by atoms with Gasteiger partial charge >= 0.3 is 0 Å². The van der Waals surface area contributed by atoms with E-state index in [1.807, 2.05) is 4.83 Å². The van der Waals surface area contributed by atoms with Crippen molar-refractivity contribution in [3.05, 3.63) is 46.0 Å². The maximum absolute atomic E-state index is 12.6. The highest BCUT2D eigenvalue weighted by atomic mass is 32.2. The van der Waals surface area contributed by atoms with Crippen LogP contribution in [0.25, 0.3) is 0 Å². The molecule has 0 atom stereocenters. The molecule has 0 fully saturated rings. The van der Waals surface area contributed by atoms with Gasteiger partial charge in [-0.15, -0.1) is 0 Å². The summed E-state index contributed by atoms with van der Waals surface area (Å²) in [4.78, 5) is 11.8. The second kappa shape index (κ2) is 8.43. The van der Waals surface area contributed by atoms with Gasteiger partial charge in [-0.05, 0) is 18.2 Å². The first-order chi connectivity index (χ1) is 13.2. The smallest absolute Gasteiger partial charge is 0.280 e. The van der Waals surface area contributed by atoms with Crippen molar-refractivity contribution >= 4 is 21.9 Å². The van der Waals surface area contributed by atoms with E-state index in [0.29, 0.717) is 0 Å². The second-order valence-corrected chi connectivity index (χ2v) is 6.81. The van der Waals surface area contributed by atoms with E-state index >= 15 is 0 Å². The minimum atomic E-state index is -4.19. The number of methoxy groups -OCH3 is 3. The van der Waals surface area contributed by atoms with E-state index in [4.69, 9.17) is 14.2 Å². The number of benzene rings is 2. The van der Waals surface area contributed by atoms with Crippen LogP contribution in [0.15, 0.2) is 40.3 Å². The number of nitro groups is 1. The fourth-order valence-corrected chi connectivity index (χ4v) is 3.22. The Morgan fingerprint density at radius 1 is 1.11 bits per heavy atom. The minimum Gasteiger partial charge on any atom is -0.507 e. The Kier molecular flexibility index (Phi) is 6.26.